The van der Waals surface area contributed by atoms with Crippen molar-refractivity contribution in [2.45, 2.75) is 19.8 Å². The maximum absolute atomic E-state index is 11.8. The summed E-state index contributed by atoms with van der Waals surface area (Å²) < 4.78 is 0. The van der Waals surface area contributed by atoms with Crippen LogP contribution < -0.4 is 10.2 Å². The van der Waals surface area contributed by atoms with E-state index in [1.165, 1.54) is 0 Å². The lowest BCUT2D eigenvalue weighted by atomic mass is 10.1. The number of rotatable bonds is 4. The van der Waals surface area contributed by atoms with E-state index in [-0.39, 0.29) is 11.7 Å². The number of benzene rings is 1. The molecule has 4 heteroatoms. The van der Waals surface area contributed by atoms with Crippen molar-refractivity contribution in [2.24, 2.45) is 0 Å². The summed E-state index contributed by atoms with van der Waals surface area (Å²) in [5.41, 5.74) is 2.98. The Balaban J connectivity index is 2.22. The van der Waals surface area contributed by atoms with E-state index < -0.39 is 0 Å². The number of carbonyl (C=O) groups excluding carboxylic acids is 2. The van der Waals surface area contributed by atoms with E-state index in [2.05, 4.69) is 5.32 Å². The normalized spacial score (nSPS) is 13.8. The molecule has 1 aliphatic rings. The van der Waals surface area contributed by atoms with Crippen LogP contribution in [0.25, 0.3) is 0 Å². The molecule has 0 saturated heterocycles. The summed E-state index contributed by atoms with van der Waals surface area (Å²) in [5.74, 6) is 0.188. The predicted octanol–water partition coefficient (Wildman–Crippen LogP) is 1.60. The molecule has 1 aromatic rings. The third kappa shape index (κ3) is 2.30. The van der Waals surface area contributed by atoms with Gasteiger partial charge in [-0.3, -0.25) is 9.59 Å². The molecule has 4 nitrogen and oxygen atoms in total. The molecule has 1 aliphatic heterocycles. The number of carbonyl (C=O) groups is 2. The molecule has 0 spiro atoms. The Morgan fingerprint density at radius 2 is 2.24 bits per heavy atom. The molecular formula is C13H16N2O2. The molecule has 0 bridgehead atoms. The zero-order valence-corrected chi connectivity index (χ0v) is 10.1. The van der Waals surface area contributed by atoms with Crippen molar-refractivity contribution < 1.29 is 9.59 Å². The van der Waals surface area contributed by atoms with Gasteiger partial charge in [0.25, 0.3) is 0 Å². The van der Waals surface area contributed by atoms with Crippen LogP contribution in [-0.4, -0.2) is 25.3 Å². The summed E-state index contributed by atoms with van der Waals surface area (Å²) in [7, 11) is 1.85. The smallest absolute Gasteiger partial charge is 0.231 e. The summed E-state index contributed by atoms with van der Waals surface area (Å²) in [5, 5.41) is 3.05. The van der Waals surface area contributed by atoms with Crippen LogP contribution in [0.3, 0.4) is 0 Å². The fraction of sp³-hybridized carbons (Fsp3) is 0.385. The Hall–Kier alpha value is -1.84. The Morgan fingerprint density at radius 1 is 1.47 bits per heavy atom. The van der Waals surface area contributed by atoms with Crippen molar-refractivity contribution in [3.8, 4) is 0 Å². The summed E-state index contributed by atoms with van der Waals surface area (Å²) in [6.45, 7) is 2.03. The van der Waals surface area contributed by atoms with E-state index >= 15 is 0 Å². The average Bonchev–Trinajstić information content (AvgIpc) is 2.60. The number of nitrogens with one attached hydrogen (secondary N) is 1. The lowest BCUT2D eigenvalue weighted by molar-refractivity contribution is -0.117. The van der Waals surface area contributed by atoms with Gasteiger partial charge in [-0.2, -0.15) is 0 Å². The van der Waals surface area contributed by atoms with Gasteiger partial charge >= 0.3 is 0 Å². The van der Waals surface area contributed by atoms with Crippen molar-refractivity contribution in [2.75, 3.05) is 23.8 Å². The minimum Gasteiger partial charge on any atom is -0.388 e. The molecular weight excluding hydrogens is 216 g/mol. The van der Waals surface area contributed by atoms with Gasteiger partial charge in [-0.05, 0) is 30.7 Å². The number of hydrogen-bond acceptors (Lipinski definition) is 3. The first-order valence-corrected chi connectivity index (χ1v) is 5.72. The lowest BCUT2D eigenvalue weighted by Crippen LogP contribution is -2.28. The van der Waals surface area contributed by atoms with Crippen LogP contribution in [0.5, 0.6) is 0 Å². The summed E-state index contributed by atoms with van der Waals surface area (Å²) in [6, 6.07) is 5.87. The lowest BCUT2D eigenvalue weighted by Gasteiger charge is -2.16. The van der Waals surface area contributed by atoms with E-state index in [0.29, 0.717) is 19.4 Å². The van der Waals surface area contributed by atoms with Crippen LogP contribution in [0.15, 0.2) is 18.2 Å². The van der Waals surface area contributed by atoms with Gasteiger partial charge in [0.2, 0.25) is 5.91 Å². The molecule has 1 N–H and O–H groups in total. The quantitative estimate of drug-likeness (QED) is 0.857. The SMILES string of the molecule is CNc1ccc2c(c1)CC(=O)N2CCC(C)=O. The Kier molecular flexibility index (Phi) is 3.13. The maximum atomic E-state index is 11.8. The molecule has 0 radical (unpaired) electrons. The number of amides is 1. The van der Waals surface area contributed by atoms with E-state index in [1.54, 1.807) is 11.8 Å². The number of anilines is 2. The first kappa shape index (κ1) is 11.6. The van der Waals surface area contributed by atoms with Gasteiger partial charge in [-0.25, -0.2) is 0 Å². The highest BCUT2D eigenvalue weighted by molar-refractivity contribution is 6.02. The molecule has 1 heterocycles. The van der Waals surface area contributed by atoms with Crippen LogP contribution in [-0.2, 0) is 16.0 Å². The van der Waals surface area contributed by atoms with Crippen molar-refractivity contribution in [3.05, 3.63) is 23.8 Å². The zero-order valence-electron chi connectivity index (χ0n) is 10.1. The van der Waals surface area contributed by atoms with Gasteiger partial charge in [0.15, 0.2) is 0 Å². The second-order valence-electron chi connectivity index (χ2n) is 4.27. The van der Waals surface area contributed by atoms with Crippen LogP contribution in [0, 0.1) is 0 Å². The number of Topliss-reactive ketones (excluding diaryl/α,β-unsaturated/α-hetero) is 1. The second-order valence-corrected chi connectivity index (χ2v) is 4.27. The van der Waals surface area contributed by atoms with Crippen molar-refractivity contribution in [1.29, 1.82) is 0 Å². The largest absolute Gasteiger partial charge is 0.388 e. The highest BCUT2D eigenvalue weighted by Crippen LogP contribution is 2.31. The molecule has 17 heavy (non-hydrogen) atoms. The molecule has 0 unspecified atom stereocenters. The van der Waals surface area contributed by atoms with Crippen LogP contribution in [0.1, 0.15) is 18.9 Å². The van der Waals surface area contributed by atoms with Gasteiger partial charge in [0.05, 0.1) is 6.42 Å². The van der Waals surface area contributed by atoms with Crippen LogP contribution >= 0.6 is 0 Å². The van der Waals surface area contributed by atoms with Gasteiger partial charge in [0, 0.05) is 31.4 Å². The Labute approximate surface area is 101 Å². The molecule has 2 rings (SSSR count). The highest BCUT2D eigenvalue weighted by Gasteiger charge is 2.26. The molecule has 0 aromatic heterocycles. The minimum atomic E-state index is 0.0782. The maximum Gasteiger partial charge on any atom is 0.231 e. The van der Waals surface area contributed by atoms with Gasteiger partial charge in [0.1, 0.15) is 5.78 Å². The van der Waals surface area contributed by atoms with Crippen molar-refractivity contribution in [3.63, 3.8) is 0 Å². The van der Waals surface area contributed by atoms with Gasteiger partial charge < -0.3 is 10.2 Å². The molecule has 0 aliphatic carbocycles. The van der Waals surface area contributed by atoms with Crippen molar-refractivity contribution in [1.82, 2.24) is 0 Å². The summed E-state index contributed by atoms with van der Waals surface area (Å²) in [6.07, 6.45) is 0.849. The standard InChI is InChI=1S/C13H16N2O2/c1-9(16)5-6-15-12-4-3-11(14-2)7-10(12)8-13(15)17/h3-4,7,14H,5-6,8H2,1-2H3. The molecule has 90 valence electrons. The van der Waals surface area contributed by atoms with E-state index in [1.807, 2.05) is 25.2 Å². The first-order valence-electron chi connectivity index (χ1n) is 5.72. The Morgan fingerprint density at radius 3 is 2.88 bits per heavy atom. The number of ketones is 1. The number of nitrogens with zero attached hydrogens (tertiary/aromatic N) is 1. The van der Waals surface area contributed by atoms with E-state index in [9.17, 15) is 9.59 Å². The summed E-state index contributed by atoms with van der Waals surface area (Å²) >= 11 is 0. The van der Waals surface area contributed by atoms with Crippen LogP contribution in [0.4, 0.5) is 11.4 Å². The highest BCUT2D eigenvalue weighted by atomic mass is 16.2. The minimum absolute atomic E-state index is 0.0782. The Bertz CT molecular complexity index is 468. The van der Waals surface area contributed by atoms with E-state index in [0.717, 1.165) is 16.9 Å². The summed E-state index contributed by atoms with van der Waals surface area (Å²) in [4.78, 5) is 24.5. The molecule has 0 saturated carbocycles. The molecule has 1 aromatic carbocycles. The molecule has 0 atom stereocenters. The fourth-order valence-corrected chi connectivity index (χ4v) is 2.05. The van der Waals surface area contributed by atoms with Crippen molar-refractivity contribution >= 4 is 23.1 Å². The second kappa shape index (κ2) is 4.57. The third-order valence-corrected chi connectivity index (χ3v) is 2.99. The topological polar surface area (TPSA) is 49.4 Å². The first-order chi connectivity index (χ1) is 8.11. The monoisotopic (exact) mass is 232 g/mol. The fourth-order valence-electron chi connectivity index (χ4n) is 2.05. The van der Waals surface area contributed by atoms with Crippen LogP contribution in [0.2, 0.25) is 0 Å². The molecule has 1 amide bonds. The van der Waals surface area contributed by atoms with Gasteiger partial charge in [-0.15, -0.1) is 0 Å². The van der Waals surface area contributed by atoms with Gasteiger partial charge in [-0.1, -0.05) is 0 Å². The predicted molar refractivity (Wildman–Crippen MR) is 67.3 cm³/mol. The average molecular weight is 232 g/mol. The third-order valence-electron chi connectivity index (χ3n) is 2.99. The number of hydrogen-bond donors (Lipinski definition) is 1. The zero-order chi connectivity index (χ0) is 12.4. The molecule has 0 fully saturated rings. The van der Waals surface area contributed by atoms with E-state index in [4.69, 9.17) is 0 Å². The number of fused-ring (bicyclic) bond motifs is 1.